The number of hydrogen-bond acceptors (Lipinski definition) is 6. The van der Waals surface area contributed by atoms with E-state index in [1.54, 1.807) is 39.0 Å². The van der Waals surface area contributed by atoms with Crippen molar-refractivity contribution in [1.82, 2.24) is 0 Å². The zero-order valence-corrected chi connectivity index (χ0v) is 23.5. The predicted octanol–water partition coefficient (Wildman–Crippen LogP) is 5.76. The lowest BCUT2D eigenvalue weighted by molar-refractivity contribution is 0.0694. The number of aromatic carboxylic acids is 1. The van der Waals surface area contributed by atoms with Gasteiger partial charge in [0, 0.05) is 35.4 Å². The van der Waals surface area contributed by atoms with Gasteiger partial charge in [0.25, 0.3) is 10.1 Å². The van der Waals surface area contributed by atoms with E-state index in [4.69, 9.17) is 4.74 Å². The molecular weight excluding hydrogens is 518 g/mol. The lowest BCUT2D eigenvalue weighted by atomic mass is 9.73. The van der Waals surface area contributed by atoms with Gasteiger partial charge in [-0.25, -0.2) is 4.79 Å². The number of carbonyl (C=O) groups is 2. The molecule has 2 aliphatic rings. The summed E-state index contributed by atoms with van der Waals surface area (Å²) < 4.78 is 41.8. The molecule has 0 saturated carbocycles. The Balaban J connectivity index is 2.06. The van der Waals surface area contributed by atoms with Crippen LogP contribution in [0.15, 0.2) is 58.1 Å². The molecule has 9 heteroatoms. The molecule has 0 amide bonds. The lowest BCUT2D eigenvalue weighted by Crippen LogP contribution is -2.32. The van der Waals surface area contributed by atoms with Crippen LogP contribution in [0, 0.1) is 18.8 Å². The van der Waals surface area contributed by atoms with Gasteiger partial charge in [0.2, 0.25) is 0 Å². The molecule has 2 aromatic rings. The van der Waals surface area contributed by atoms with Gasteiger partial charge in [-0.15, -0.1) is 0 Å². The second kappa shape index (κ2) is 10.9. The Morgan fingerprint density at radius 3 is 2.41 bits per heavy atom. The normalized spacial score (nSPS) is 19.6. The van der Waals surface area contributed by atoms with Crippen LogP contribution >= 0.6 is 0 Å². The summed E-state index contributed by atoms with van der Waals surface area (Å²) in [5, 5.41) is 10.2. The number of Topliss-reactive ketones (excluding diaryl/α,β-unsaturated/α-hetero) is 1. The maximum absolute atomic E-state index is 12.7. The van der Waals surface area contributed by atoms with Gasteiger partial charge in [0.15, 0.2) is 10.7 Å². The first-order valence-electron chi connectivity index (χ1n) is 13.1. The maximum Gasteiger partial charge on any atom is 0.336 e. The Labute approximate surface area is 228 Å². The molecule has 0 fully saturated rings. The van der Waals surface area contributed by atoms with Gasteiger partial charge < -0.3 is 9.84 Å². The van der Waals surface area contributed by atoms with Gasteiger partial charge >= 0.3 is 5.97 Å². The number of carbonyl (C=O) groups excluding carboxylic acids is 1. The van der Waals surface area contributed by atoms with Crippen LogP contribution < -0.4 is 4.74 Å². The Morgan fingerprint density at radius 2 is 1.82 bits per heavy atom. The molecular formula is C30H33NO7S. The van der Waals surface area contributed by atoms with E-state index in [9.17, 15) is 27.7 Å². The Hall–Kier alpha value is -3.56. The number of aryl methyl sites for hydroxylation is 2. The molecule has 2 atom stereocenters. The summed E-state index contributed by atoms with van der Waals surface area (Å²) in [6.45, 7) is 9.55. The first-order valence-corrected chi connectivity index (χ1v) is 14.5. The highest BCUT2D eigenvalue weighted by Gasteiger charge is 2.43. The standard InChI is InChI=1S/C30H33NO7S/c1-6-8-18-15-25-23(13-17(18)5)26(20-10-9-19(27(32)16(3)4)14-22(20)30(33)34)21-11-12-24(31-7-2)29(28(21)38-25)39(35,36)37/h9-16,21,26H,6-8H2,1-5H3,(H,33,34)(H,35,36,37). The highest BCUT2D eigenvalue weighted by atomic mass is 32.2. The topological polar surface area (TPSA) is 130 Å². The number of carboxylic acid groups (broad SMARTS) is 1. The van der Waals surface area contributed by atoms with E-state index in [0.29, 0.717) is 22.4 Å². The molecule has 0 saturated heterocycles. The number of nitrogens with zero attached hydrogens (tertiary/aromatic N) is 1. The van der Waals surface area contributed by atoms with Crippen molar-refractivity contribution in [2.75, 3.05) is 6.54 Å². The summed E-state index contributed by atoms with van der Waals surface area (Å²) in [5.41, 5.74) is 3.44. The second-order valence-electron chi connectivity index (χ2n) is 10.2. The molecule has 1 aliphatic carbocycles. The van der Waals surface area contributed by atoms with Crippen molar-refractivity contribution in [3.05, 3.63) is 86.5 Å². The minimum absolute atomic E-state index is 0.00493. The number of aliphatic imine (C=N–C) groups is 1. The number of allylic oxidation sites excluding steroid dienone is 3. The van der Waals surface area contributed by atoms with Crippen LogP contribution in [-0.4, -0.2) is 42.1 Å². The van der Waals surface area contributed by atoms with Gasteiger partial charge in [0.05, 0.1) is 11.3 Å². The SMILES string of the molecule is CCCc1cc2c(cc1C)C(c1ccc(C(=O)C(C)C)cc1C(=O)O)C1C=CC(=NCC)C(S(=O)(=O)O)=C1O2. The summed E-state index contributed by atoms with van der Waals surface area (Å²) >= 11 is 0. The average molecular weight is 552 g/mol. The van der Waals surface area contributed by atoms with Crippen molar-refractivity contribution in [3.63, 3.8) is 0 Å². The monoisotopic (exact) mass is 551 g/mol. The van der Waals surface area contributed by atoms with Crippen LogP contribution in [0.5, 0.6) is 5.75 Å². The minimum atomic E-state index is -4.75. The predicted molar refractivity (Wildman–Crippen MR) is 149 cm³/mol. The van der Waals surface area contributed by atoms with E-state index < -0.39 is 32.8 Å². The summed E-state index contributed by atoms with van der Waals surface area (Å²) in [4.78, 5) is 29.0. The quantitative estimate of drug-likeness (QED) is 0.315. The largest absolute Gasteiger partial charge is 0.478 e. The number of ketones is 1. The molecule has 2 unspecified atom stereocenters. The summed E-state index contributed by atoms with van der Waals surface area (Å²) in [6.07, 6.45) is 4.92. The molecule has 8 nitrogen and oxygen atoms in total. The van der Waals surface area contributed by atoms with Gasteiger partial charge in [-0.1, -0.05) is 51.5 Å². The first kappa shape index (κ1) is 28.4. The van der Waals surface area contributed by atoms with E-state index >= 15 is 0 Å². The molecule has 2 aromatic carbocycles. The third kappa shape index (κ3) is 5.33. The van der Waals surface area contributed by atoms with Crippen molar-refractivity contribution < 1.29 is 32.4 Å². The third-order valence-corrected chi connectivity index (χ3v) is 8.06. The van der Waals surface area contributed by atoms with Crippen LogP contribution in [-0.2, 0) is 16.5 Å². The number of carboxylic acids is 1. The van der Waals surface area contributed by atoms with Crippen molar-refractivity contribution >= 4 is 27.6 Å². The molecule has 39 heavy (non-hydrogen) atoms. The summed E-state index contributed by atoms with van der Waals surface area (Å²) in [6, 6.07) is 8.44. The Kier molecular flexibility index (Phi) is 7.95. The zero-order valence-electron chi connectivity index (χ0n) is 22.7. The van der Waals surface area contributed by atoms with E-state index in [1.165, 1.54) is 12.1 Å². The van der Waals surface area contributed by atoms with E-state index in [1.807, 2.05) is 19.1 Å². The van der Waals surface area contributed by atoms with Gasteiger partial charge in [-0.2, -0.15) is 8.42 Å². The molecule has 0 radical (unpaired) electrons. The number of hydrogen-bond donors (Lipinski definition) is 2. The van der Waals surface area contributed by atoms with Crippen molar-refractivity contribution in [1.29, 1.82) is 0 Å². The number of benzene rings is 2. The van der Waals surface area contributed by atoms with Crippen molar-refractivity contribution in [2.45, 2.75) is 53.4 Å². The molecule has 4 rings (SSSR count). The Morgan fingerprint density at radius 1 is 1.10 bits per heavy atom. The van der Waals surface area contributed by atoms with Gasteiger partial charge in [-0.3, -0.25) is 14.3 Å². The third-order valence-electron chi connectivity index (χ3n) is 7.14. The van der Waals surface area contributed by atoms with E-state index in [-0.39, 0.29) is 35.3 Å². The maximum atomic E-state index is 12.7. The van der Waals surface area contributed by atoms with Gasteiger partial charge in [-0.05, 0) is 55.2 Å². The van der Waals surface area contributed by atoms with Crippen LogP contribution in [0.3, 0.4) is 0 Å². The molecule has 2 N–H and O–H groups in total. The smallest absolute Gasteiger partial charge is 0.336 e. The summed E-state index contributed by atoms with van der Waals surface area (Å²) in [7, 11) is -4.75. The molecule has 206 valence electrons. The lowest BCUT2D eigenvalue weighted by Gasteiger charge is -2.37. The number of fused-ring (bicyclic) bond motifs is 2. The molecule has 1 aliphatic heterocycles. The zero-order chi connectivity index (χ0) is 28.6. The molecule has 0 aromatic heterocycles. The fourth-order valence-corrected chi connectivity index (χ4v) is 6.19. The first-order chi connectivity index (χ1) is 18.4. The second-order valence-corrected chi connectivity index (χ2v) is 11.5. The number of ether oxygens (including phenoxy) is 1. The summed E-state index contributed by atoms with van der Waals surface area (Å²) in [5.74, 6) is -2.71. The van der Waals surface area contributed by atoms with E-state index in [2.05, 4.69) is 11.9 Å². The highest BCUT2D eigenvalue weighted by Crippen LogP contribution is 2.50. The number of rotatable bonds is 8. The molecule has 1 heterocycles. The fourth-order valence-electron chi connectivity index (χ4n) is 5.36. The molecule has 0 bridgehead atoms. The van der Waals surface area contributed by atoms with Crippen LogP contribution in [0.4, 0.5) is 0 Å². The van der Waals surface area contributed by atoms with Crippen molar-refractivity contribution in [3.8, 4) is 5.75 Å². The average Bonchev–Trinajstić information content (AvgIpc) is 2.86. The highest BCUT2D eigenvalue weighted by molar-refractivity contribution is 7.91. The molecule has 0 spiro atoms. The van der Waals surface area contributed by atoms with Crippen molar-refractivity contribution in [2.24, 2.45) is 16.8 Å². The van der Waals surface area contributed by atoms with Crippen LogP contribution in [0.2, 0.25) is 0 Å². The van der Waals surface area contributed by atoms with Crippen LogP contribution in [0.1, 0.15) is 83.0 Å². The fraction of sp³-hybridized carbons (Fsp3) is 0.367. The van der Waals surface area contributed by atoms with Crippen LogP contribution in [0.25, 0.3) is 0 Å². The minimum Gasteiger partial charge on any atom is -0.478 e. The van der Waals surface area contributed by atoms with Gasteiger partial charge in [0.1, 0.15) is 11.5 Å². The Bertz CT molecular complexity index is 1550. The van der Waals surface area contributed by atoms with E-state index in [0.717, 1.165) is 24.0 Å².